The van der Waals surface area contributed by atoms with Gasteiger partial charge in [-0.1, -0.05) is 36.9 Å². The molecule has 0 spiro atoms. The van der Waals surface area contributed by atoms with Crippen LogP contribution in [0.15, 0.2) is 47.6 Å². The Labute approximate surface area is 174 Å². The predicted molar refractivity (Wildman–Crippen MR) is 114 cm³/mol. The molecule has 1 aromatic carbocycles. The Balaban J connectivity index is 1.57. The zero-order valence-electron chi connectivity index (χ0n) is 17.0. The minimum Gasteiger partial charge on any atom is -0.483 e. The SMILES string of the molecule is CCc1ccc(O[C@@H](C)c2nnc(SCC(=O)Nc3cccc(C)n3)n2C)cc1. The van der Waals surface area contributed by atoms with E-state index in [1.807, 2.05) is 49.7 Å². The van der Waals surface area contributed by atoms with Crippen LogP contribution in [0.2, 0.25) is 0 Å². The number of aryl methyl sites for hydroxylation is 2. The molecule has 152 valence electrons. The van der Waals surface area contributed by atoms with E-state index < -0.39 is 0 Å². The topological polar surface area (TPSA) is 81.9 Å². The first-order valence-electron chi connectivity index (χ1n) is 9.47. The molecule has 0 saturated heterocycles. The van der Waals surface area contributed by atoms with Crippen LogP contribution >= 0.6 is 11.8 Å². The number of hydrogen-bond acceptors (Lipinski definition) is 6. The zero-order valence-corrected chi connectivity index (χ0v) is 17.9. The van der Waals surface area contributed by atoms with Crippen LogP contribution in [0.4, 0.5) is 5.82 Å². The van der Waals surface area contributed by atoms with Gasteiger partial charge in [-0.3, -0.25) is 4.79 Å². The monoisotopic (exact) mass is 411 g/mol. The molecule has 2 heterocycles. The van der Waals surface area contributed by atoms with Crippen LogP contribution in [-0.4, -0.2) is 31.4 Å². The van der Waals surface area contributed by atoms with Gasteiger partial charge in [0, 0.05) is 12.7 Å². The summed E-state index contributed by atoms with van der Waals surface area (Å²) in [5.74, 6) is 2.11. The molecule has 0 fully saturated rings. The third kappa shape index (κ3) is 5.57. The number of pyridine rings is 1. The van der Waals surface area contributed by atoms with Crippen molar-refractivity contribution < 1.29 is 9.53 Å². The number of carbonyl (C=O) groups excluding carboxylic acids is 1. The summed E-state index contributed by atoms with van der Waals surface area (Å²) in [7, 11) is 1.87. The summed E-state index contributed by atoms with van der Waals surface area (Å²) in [5.41, 5.74) is 2.12. The molecular formula is C21H25N5O2S. The van der Waals surface area contributed by atoms with Gasteiger partial charge in [-0.05, 0) is 50.1 Å². The van der Waals surface area contributed by atoms with E-state index in [-0.39, 0.29) is 17.8 Å². The number of nitrogens with one attached hydrogen (secondary N) is 1. The highest BCUT2D eigenvalue weighted by molar-refractivity contribution is 7.99. The number of carbonyl (C=O) groups is 1. The molecule has 3 aromatic rings. The molecule has 7 nitrogen and oxygen atoms in total. The first-order valence-corrected chi connectivity index (χ1v) is 10.5. The van der Waals surface area contributed by atoms with E-state index in [4.69, 9.17) is 4.74 Å². The number of anilines is 1. The van der Waals surface area contributed by atoms with Crippen LogP contribution in [-0.2, 0) is 18.3 Å². The first-order chi connectivity index (χ1) is 14.0. The number of amides is 1. The van der Waals surface area contributed by atoms with Crippen molar-refractivity contribution in [2.75, 3.05) is 11.1 Å². The highest BCUT2D eigenvalue weighted by Gasteiger charge is 2.18. The Morgan fingerprint density at radius 3 is 2.66 bits per heavy atom. The summed E-state index contributed by atoms with van der Waals surface area (Å²) in [5, 5.41) is 11.9. The standard InChI is InChI=1S/C21H25N5O2S/c1-5-16-9-11-17(12-10-16)28-15(3)20-24-25-21(26(20)4)29-13-19(27)23-18-8-6-7-14(2)22-18/h6-12,15H,5,13H2,1-4H3,(H,22,23,27)/t15-/m0/s1. The Bertz CT molecular complexity index is 971. The maximum Gasteiger partial charge on any atom is 0.236 e. The van der Waals surface area contributed by atoms with Crippen molar-refractivity contribution in [1.29, 1.82) is 0 Å². The van der Waals surface area contributed by atoms with Gasteiger partial charge in [-0.15, -0.1) is 10.2 Å². The van der Waals surface area contributed by atoms with Crippen LogP contribution in [0.1, 0.15) is 37.0 Å². The lowest BCUT2D eigenvalue weighted by atomic mass is 10.2. The molecule has 0 aliphatic carbocycles. The van der Waals surface area contributed by atoms with Crippen LogP contribution < -0.4 is 10.1 Å². The molecule has 0 aliphatic heterocycles. The van der Waals surface area contributed by atoms with Crippen LogP contribution in [0.5, 0.6) is 5.75 Å². The number of hydrogen-bond donors (Lipinski definition) is 1. The third-order valence-electron chi connectivity index (χ3n) is 4.36. The second-order valence-electron chi connectivity index (χ2n) is 6.66. The van der Waals surface area contributed by atoms with Crippen molar-refractivity contribution in [3.05, 3.63) is 59.5 Å². The van der Waals surface area contributed by atoms with Crippen molar-refractivity contribution in [2.45, 2.75) is 38.5 Å². The summed E-state index contributed by atoms with van der Waals surface area (Å²) >= 11 is 1.32. The minimum atomic E-state index is -0.264. The van der Waals surface area contributed by atoms with Crippen LogP contribution in [0.25, 0.3) is 0 Å². The smallest absolute Gasteiger partial charge is 0.236 e. The molecule has 0 radical (unpaired) electrons. The van der Waals surface area contributed by atoms with E-state index in [1.54, 1.807) is 6.07 Å². The summed E-state index contributed by atoms with van der Waals surface area (Å²) in [6.45, 7) is 5.93. The first kappa shape index (κ1) is 20.9. The lowest BCUT2D eigenvalue weighted by molar-refractivity contribution is -0.113. The van der Waals surface area contributed by atoms with Gasteiger partial charge in [0.2, 0.25) is 5.91 Å². The fraction of sp³-hybridized carbons (Fsp3) is 0.333. The van der Waals surface area contributed by atoms with Gasteiger partial charge >= 0.3 is 0 Å². The van der Waals surface area contributed by atoms with E-state index in [0.717, 1.165) is 17.9 Å². The molecule has 1 N–H and O–H groups in total. The van der Waals surface area contributed by atoms with Crippen molar-refractivity contribution in [3.63, 3.8) is 0 Å². The van der Waals surface area contributed by atoms with Crippen molar-refractivity contribution in [2.24, 2.45) is 7.05 Å². The number of rotatable bonds is 8. The van der Waals surface area contributed by atoms with E-state index >= 15 is 0 Å². The Hall–Kier alpha value is -2.87. The largest absolute Gasteiger partial charge is 0.483 e. The molecule has 2 aromatic heterocycles. The average Bonchev–Trinajstić information content (AvgIpc) is 3.07. The second-order valence-corrected chi connectivity index (χ2v) is 7.60. The summed E-state index contributed by atoms with van der Waals surface area (Å²) in [6.07, 6.45) is 0.729. The molecule has 0 aliphatic rings. The summed E-state index contributed by atoms with van der Waals surface area (Å²) in [6, 6.07) is 13.5. The minimum absolute atomic E-state index is 0.141. The molecule has 0 bridgehead atoms. The lowest BCUT2D eigenvalue weighted by Crippen LogP contribution is -2.15. The Kier molecular flexibility index (Phi) is 6.87. The molecule has 3 rings (SSSR count). The number of aromatic nitrogens is 4. The van der Waals surface area contributed by atoms with E-state index in [0.29, 0.717) is 16.8 Å². The van der Waals surface area contributed by atoms with Gasteiger partial charge in [-0.2, -0.15) is 0 Å². The van der Waals surface area contributed by atoms with Gasteiger partial charge in [0.15, 0.2) is 17.1 Å². The van der Waals surface area contributed by atoms with E-state index in [2.05, 4.69) is 39.6 Å². The normalized spacial score (nSPS) is 11.9. The highest BCUT2D eigenvalue weighted by Crippen LogP contribution is 2.24. The number of ether oxygens (including phenoxy) is 1. The molecule has 0 unspecified atom stereocenters. The van der Waals surface area contributed by atoms with E-state index in [1.165, 1.54) is 17.3 Å². The summed E-state index contributed by atoms with van der Waals surface area (Å²) in [4.78, 5) is 16.5. The van der Waals surface area contributed by atoms with E-state index in [9.17, 15) is 4.79 Å². The third-order valence-corrected chi connectivity index (χ3v) is 5.39. The number of thioether (sulfide) groups is 1. The molecule has 1 amide bonds. The highest BCUT2D eigenvalue weighted by atomic mass is 32.2. The lowest BCUT2D eigenvalue weighted by Gasteiger charge is -2.14. The second kappa shape index (κ2) is 9.56. The molecule has 29 heavy (non-hydrogen) atoms. The van der Waals surface area contributed by atoms with Crippen molar-refractivity contribution in [1.82, 2.24) is 19.7 Å². The number of benzene rings is 1. The van der Waals surface area contributed by atoms with Crippen molar-refractivity contribution in [3.8, 4) is 5.75 Å². The molecular weight excluding hydrogens is 386 g/mol. The maximum atomic E-state index is 12.2. The fourth-order valence-electron chi connectivity index (χ4n) is 2.79. The van der Waals surface area contributed by atoms with Crippen LogP contribution in [0, 0.1) is 6.92 Å². The van der Waals surface area contributed by atoms with Crippen LogP contribution in [0.3, 0.4) is 0 Å². The quantitative estimate of drug-likeness (QED) is 0.565. The predicted octanol–water partition coefficient (Wildman–Crippen LogP) is 3.95. The maximum absolute atomic E-state index is 12.2. The number of nitrogens with zero attached hydrogens (tertiary/aromatic N) is 4. The Morgan fingerprint density at radius 2 is 1.97 bits per heavy atom. The van der Waals surface area contributed by atoms with Gasteiger partial charge < -0.3 is 14.6 Å². The van der Waals surface area contributed by atoms with Gasteiger partial charge in [-0.25, -0.2) is 4.98 Å². The van der Waals surface area contributed by atoms with Gasteiger partial charge in [0.25, 0.3) is 0 Å². The van der Waals surface area contributed by atoms with Crippen molar-refractivity contribution >= 4 is 23.5 Å². The van der Waals surface area contributed by atoms with Gasteiger partial charge in [0.05, 0.1) is 5.75 Å². The molecule has 8 heteroatoms. The van der Waals surface area contributed by atoms with Gasteiger partial charge in [0.1, 0.15) is 11.6 Å². The average molecular weight is 412 g/mol. The molecule has 1 atom stereocenters. The summed E-state index contributed by atoms with van der Waals surface area (Å²) < 4.78 is 7.84. The molecule has 0 saturated carbocycles. The fourth-order valence-corrected chi connectivity index (χ4v) is 3.51. The zero-order chi connectivity index (χ0) is 20.8. The Morgan fingerprint density at radius 1 is 1.21 bits per heavy atom.